The minimum atomic E-state index is -0.377. The molecule has 0 fully saturated rings. The van der Waals surface area contributed by atoms with E-state index in [9.17, 15) is 4.39 Å². The number of rotatable bonds is 5. The Morgan fingerprint density at radius 3 is 2.53 bits per heavy atom. The standard InChI is InChI=1S/C15H15ClFNO/c1-2-18-10-11-3-6-13(7-4-11)19-15-8-5-12(17)9-14(15)16/h3-9,18H,2,10H2,1H3. The summed E-state index contributed by atoms with van der Waals surface area (Å²) in [7, 11) is 0. The van der Waals surface area contributed by atoms with Crippen molar-refractivity contribution in [3.8, 4) is 11.5 Å². The van der Waals surface area contributed by atoms with E-state index in [0.717, 1.165) is 13.1 Å². The second-order valence-electron chi connectivity index (χ2n) is 4.10. The average molecular weight is 280 g/mol. The Bertz CT molecular complexity index is 542. The summed E-state index contributed by atoms with van der Waals surface area (Å²) in [5.41, 5.74) is 1.18. The monoisotopic (exact) mass is 279 g/mol. The number of hydrogen-bond acceptors (Lipinski definition) is 2. The van der Waals surface area contributed by atoms with Crippen LogP contribution in [-0.4, -0.2) is 6.54 Å². The van der Waals surface area contributed by atoms with Gasteiger partial charge in [-0.05, 0) is 42.4 Å². The molecule has 0 aliphatic rings. The molecular weight excluding hydrogens is 265 g/mol. The third-order valence-corrected chi connectivity index (χ3v) is 2.92. The van der Waals surface area contributed by atoms with Crippen molar-refractivity contribution in [3.63, 3.8) is 0 Å². The Kier molecular flexibility index (Phi) is 4.77. The lowest BCUT2D eigenvalue weighted by Gasteiger charge is -2.08. The maximum atomic E-state index is 12.9. The first-order valence-corrected chi connectivity index (χ1v) is 6.49. The molecule has 19 heavy (non-hydrogen) atoms. The lowest BCUT2D eigenvalue weighted by atomic mass is 10.2. The SMILES string of the molecule is CCNCc1ccc(Oc2ccc(F)cc2Cl)cc1. The van der Waals surface area contributed by atoms with Crippen LogP contribution in [0.2, 0.25) is 5.02 Å². The third-order valence-electron chi connectivity index (χ3n) is 2.62. The fourth-order valence-corrected chi connectivity index (χ4v) is 1.84. The molecule has 2 aromatic rings. The van der Waals surface area contributed by atoms with Crippen molar-refractivity contribution in [2.45, 2.75) is 13.5 Å². The van der Waals surface area contributed by atoms with Crippen molar-refractivity contribution in [1.82, 2.24) is 5.32 Å². The van der Waals surface area contributed by atoms with Crippen LogP contribution < -0.4 is 10.1 Å². The molecule has 0 aliphatic carbocycles. The molecule has 0 aromatic heterocycles. The summed E-state index contributed by atoms with van der Waals surface area (Å²) in [6.07, 6.45) is 0. The second-order valence-corrected chi connectivity index (χ2v) is 4.51. The van der Waals surface area contributed by atoms with Crippen molar-refractivity contribution >= 4 is 11.6 Å². The molecule has 1 N–H and O–H groups in total. The van der Waals surface area contributed by atoms with E-state index in [1.165, 1.54) is 23.8 Å². The van der Waals surface area contributed by atoms with E-state index < -0.39 is 0 Å². The van der Waals surface area contributed by atoms with Gasteiger partial charge in [-0.15, -0.1) is 0 Å². The van der Waals surface area contributed by atoms with Gasteiger partial charge in [0.25, 0.3) is 0 Å². The molecule has 0 aliphatic heterocycles. The van der Waals surface area contributed by atoms with E-state index in [1.54, 1.807) is 0 Å². The fraction of sp³-hybridized carbons (Fsp3) is 0.200. The summed E-state index contributed by atoms with van der Waals surface area (Å²) >= 11 is 5.90. The van der Waals surface area contributed by atoms with E-state index in [1.807, 2.05) is 24.3 Å². The van der Waals surface area contributed by atoms with E-state index in [-0.39, 0.29) is 10.8 Å². The Balaban J connectivity index is 2.06. The van der Waals surface area contributed by atoms with Gasteiger partial charge in [-0.2, -0.15) is 0 Å². The molecule has 0 amide bonds. The first-order valence-electron chi connectivity index (χ1n) is 6.11. The van der Waals surface area contributed by atoms with Gasteiger partial charge < -0.3 is 10.1 Å². The summed E-state index contributed by atoms with van der Waals surface area (Å²) < 4.78 is 18.5. The maximum absolute atomic E-state index is 12.9. The molecule has 0 unspecified atom stereocenters. The van der Waals surface area contributed by atoms with Crippen LogP contribution in [0, 0.1) is 5.82 Å². The number of hydrogen-bond donors (Lipinski definition) is 1. The molecule has 0 saturated heterocycles. The summed E-state index contributed by atoms with van der Waals surface area (Å²) in [5.74, 6) is 0.745. The normalized spacial score (nSPS) is 10.5. The molecule has 2 rings (SSSR count). The van der Waals surface area contributed by atoms with Gasteiger partial charge in [0.15, 0.2) is 0 Å². The maximum Gasteiger partial charge on any atom is 0.146 e. The lowest BCUT2D eigenvalue weighted by Crippen LogP contribution is -2.11. The molecule has 0 radical (unpaired) electrons. The van der Waals surface area contributed by atoms with Crippen LogP contribution in [0.25, 0.3) is 0 Å². The van der Waals surface area contributed by atoms with Gasteiger partial charge in [-0.3, -0.25) is 0 Å². The third kappa shape index (κ3) is 3.94. The van der Waals surface area contributed by atoms with Gasteiger partial charge in [0.1, 0.15) is 17.3 Å². The Morgan fingerprint density at radius 1 is 1.16 bits per heavy atom. The first kappa shape index (κ1) is 13.8. The fourth-order valence-electron chi connectivity index (χ4n) is 1.63. The average Bonchev–Trinajstić information content (AvgIpc) is 2.41. The summed E-state index contributed by atoms with van der Waals surface area (Å²) in [4.78, 5) is 0. The van der Waals surface area contributed by atoms with Crippen LogP contribution in [0.1, 0.15) is 12.5 Å². The van der Waals surface area contributed by atoms with Crippen molar-refractivity contribution in [2.24, 2.45) is 0 Å². The molecule has 4 heteroatoms. The zero-order chi connectivity index (χ0) is 13.7. The van der Waals surface area contributed by atoms with Crippen LogP contribution in [0.5, 0.6) is 11.5 Å². The Morgan fingerprint density at radius 2 is 1.89 bits per heavy atom. The van der Waals surface area contributed by atoms with Crippen molar-refractivity contribution in [3.05, 3.63) is 58.9 Å². The van der Waals surface area contributed by atoms with Gasteiger partial charge >= 0.3 is 0 Å². The van der Waals surface area contributed by atoms with Crippen molar-refractivity contribution < 1.29 is 9.13 Å². The predicted molar refractivity (Wildman–Crippen MR) is 75.3 cm³/mol. The van der Waals surface area contributed by atoms with Crippen LogP contribution in [0.4, 0.5) is 4.39 Å². The van der Waals surface area contributed by atoms with Crippen LogP contribution in [0.15, 0.2) is 42.5 Å². The quantitative estimate of drug-likeness (QED) is 0.877. The van der Waals surface area contributed by atoms with E-state index in [0.29, 0.717) is 11.5 Å². The number of nitrogens with one attached hydrogen (secondary N) is 1. The summed E-state index contributed by atoms with van der Waals surface area (Å²) in [6.45, 7) is 3.82. The Hall–Kier alpha value is -1.58. The van der Waals surface area contributed by atoms with Crippen molar-refractivity contribution in [2.75, 3.05) is 6.54 Å². The number of ether oxygens (including phenoxy) is 1. The van der Waals surface area contributed by atoms with Gasteiger partial charge in [0, 0.05) is 6.54 Å². The minimum absolute atomic E-state index is 0.261. The van der Waals surface area contributed by atoms with Gasteiger partial charge in [0.2, 0.25) is 0 Å². The highest BCUT2D eigenvalue weighted by molar-refractivity contribution is 6.32. The van der Waals surface area contributed by atoms with Gasteiger partial charge in [-0.25, -0.2) is 4.39 Å². The van der Waals surface area contributed by atoms with E-state index >= 15 is 0 Å². The topological polar surface area (TPSA) is 21.3 Å². The summed E-state index contributed by atoms with van der Waals surface area (Å²) in [6, 6.07) is 11.8. The van der Waals surface area contributed by atoms with Gasteiger partial charge in [-0.1, -0.05) is 30.7 Å². The van der Waals surface area contributed by atoms with Crippen molar-refractivity contribution in [1.29, 1.82) is 0 Å². The molecule has 0 saturated carbocycles. The molecule has 100 valence electrons. The molecule has 0 bridgehead atoms. The zero-order valence-corrected chi connectivity index (χ0v) is 11.4. The first-order chi connectivity index (χ1) is 9.19. The van der Waals surface area contributed by atoms with E-state index in [4.69, 9.17) is 16.3 Å². The highest BCUT2D eigenvalue weighted by atomic mass is 35.5. The molecule has 2 nitrogen and oxygen atoms in total. The number of benzene rings is 2. The smallest absolute Gasteiger partial charge is 0.146 e. The second kappa shape index (κ2) is 6.55. The largest absolute Gasteiger partial charge is 0.456 e. The van der Waals surface area contributed by atoms with Crippen LogP contribution in [-0.2, 0) is 6.54 Å². The van der Waals surface area contributed by atoms with Crippen LogP contribution in [0.3, 0.4) is 0 Å². The highest BCUT2D eigenvalue weighted by Gasteiger charge is 2.04. The van der Waals surface area contributed by atoms with Crippen LogP contribution >= 0.6 is 11.6 Å². The molecule has 0 atom stereocenters. The van der Waals surface area contributed by atoms with Gasteiger partial charge in [0.05, 0.1) is 5.02 Å². The minimum Gasteiger partial charge on any atom is -0.456 e. The molecule has 0 heterocycles. The molecular formula is C15H15ClFNO. The zero-order valence-electron chi connectivity index (χ0n) is 10.6. The molecule has 2 aromatic carbocycles. The predicted octanol–water partition coefficient (Wildman–Crippen LogP) is 4.38. The highest BCUT2D eigenvalue weighted by Crippen LogP contribution is 2.29. The number of halogens is 2. The summed E-state index contributed by atoms with van der Waals surface area (Å²) in [5, 5.41) is 3.51. The lowest BCUT2D eigenvalue weighted by molar-refractivity contribution is 0.480. The molecule has 0 spiro atoms. The van der Waals surface area contributed by atoms with E-state index in [2.05, 4.69) is 12.2 Å². The Labute approximate surface area is 117 Å².